The van der Waals surface area contributed by atoms with Crippen molar-refractivity contribution in [2.45, 2.75) is 32.0 Å². The average molecular weight is 431 g/mol. The molecular weight excluding hydrogens is 403 g/mol. The van der Waals surface area contributed by atoms with Gasteiger partial charge in [-0.3, -0.25) is 4.79 Å². The molecule has 0 atom stereocenters. The second-order valence-corrected chi connectivity index (χ2v) is 8.56. The SMILES string of the molecule is O=c1cnc2ccc(F)cc2n1CCN1CCC(NCc2ccc3ccccc3c2)CC1. The van der Waals surface area contributed by atoms with Gasteiger partial charge in [-0.25, -0.2) is 9.37 Å². The Balaban J connectivity index is 1.14. The minimum absolute atomic E-state index is 0.185. The summed E-state index contributed by atoms with van der Waals surface area (Å²) in [5.74, 6) is -0.350. The Hall–Kier alpha value is -3.09. The first kappa shape index (κ1) is 20.8. The molecule has 0 amide bonds. The number of fused-ring (bicyclic) bond motifs is 2. The quantitative estimate of drug-likeness (QED) is 0.503. The normalized spacial score (nSPS) is 15.5. The number of hydrogen-bond acceptors (Lipinski definition) is 4. The highest BCUT2D eigenvalue weighted by molar-refractivity contribution is 5.83. The maximum atomic E-state index is 13.7. The van der Waals surface area contributed by atoms with E-state index in [-0.39, 0.29) is 11.4 Å². The van der Waals surface area contributed by atoms with Crippen LogP contribution in [0.15, 0.2) is 71.7 Å². The van der Waals surface area contributed by atoms with Crippen molar-refractivity contribution in [2.75, 3.05) is 19.6 Å². The summed E-state index contributed by atoms with van der Waals surface area (Å²) in [6.45, 7) is 4.16. The van der Waals surface area contributed by atoms with Gasteiger partial charge in [0, 0.05) is 25.7 Å². The zero-order valence-electron chi connectivity index (χ0n) is 18.0. The van der Waals surface area contributed by atoms with Crippen LogP contribution in [0, 0.1) is 5.82 Å². The van der Waals surface area contributed by atoms with Crippen LogP contribution in [0.2, 0.25) is 0 Å². The van der Waals surface area contributed by atoms with Gasteiger partial charge in [0.15, 0.2) is 0 Å². The van der Waals surface area contributed by atoms with E-state index in [1.807, 2.05) is 0 Å². The predicted molar refractivity (Wildman–Crippen MR) is 126 cm³/mol. The Morgan fingerprint density at radius 1 is 0.969 bits per heavy atom. The zero-order chi connectivity index (χ0) is 21.9. The van der Waals surface area contributed by atoms with Crippen molar-refractivity contribution in [3.05, 3.63) is 88.6 Å². The molecule has 1 N–H and O–H groups in total. The molecule has 164 valence electrons. The summed E-state index contributed by atoms with van der Waals surface area (Å²) in [6, 6.07) is 20.0. The highest BCUT2D eigenvalue weighted by Gasteiger charge is 2.19. The molecular formula is C26H27FN4O. The van der Waals surface area contributed by atoms with Gasteiger partial charge in [-0.2, -0.15) is 0 Å². The molecule has 1 aliphatic rings. The molecule has 0 spiro atoms. The second kappa shape index (κ2) is 9.18. The first-order chi connectivity index (χ1) is 15.7. The number of hydrogen-bond donors (Lipinski definition) is 1. The van der Waals surface area contributed by atoms with Crippen molar-refractivity contribution in [1.29, 1.82) is 0 Å². The molecule has 1 fully saturated rings. The fourth-order valence-corrected chi connectivity index (χ4v) is 4.58. The molecule has 1 saturated heterocycles. The predicted octanol–water partition coefficient (Wildman–Crippen LogP) is 3.94. The van der Waals surface area contributed by atoms with Crippen LogP contribution in [0.5, 0.6) is 0 Å². The Morgan fingerprint density at radius 3 is 2.62 bits per heavy atom. The van der Waals surface area contributed by atoms with Gasteiger partial charge in [0.2, 0.25) is 0 Å². The molecule has 5 rings (SSSR count). The van der Waals surface area contributed by atoms with Crippen LogP contribution < -0.4 is 10.9 Å². The smallest absolute Gasteiger partial charge is 0.269 e. The monoisotopic (exact) mass is 430 g/mol. The van der Waals surface area contributed by atoms with E-state index >= 15 is 0 Å². The third-order valence-electron chi connectivity index (χ3n) is 6.44. The topological polar surface area (TPSA) is 50.2 Å². The molecule has 1 aromatic heterocycles. The van der Waals surface area contributed by atoms with Crippen molar-refractivity contribution in [3.63, 3.8) is 0 Å². The van der Waals surface area contributed by atoms with E-state index in [0.717, 1.165) is 39.0 Å². The Kier molecular flexibility index (Phi) is 5.97. The number of benzene rings is 3. The maximum absolute atomic E-state index is 13.7. The highest BCUT2D eigenvalue weighted by Crippen LogP contribution is 2.17. The van der Waals surface area contributed by atoms with Gasteiger partial charge in [-0.15, -0.1) is 0 Å². The standard InChI is InChI=1S/C26H27FN4O/c27-22-7-8-24-25(16-22)31(26(32)18-29-24)14-13-30-11-9-23(10-12-30)28-17-19-5-6-20-3-1-2-4-21(20)15-19/h1-8,15-16,18,23,28H,9-14,17H2. The molecule has 0 radical (unpaired) electrons. The molecule has 3 aromatic carbocycles. The average Bonchev–Trinajstić information content (AvgIpc) is 2.82. The summed E-state index contributed by atoms with van der Waals surface area (Å²) in [5.41, 5.74) is 2.32. The van der Waals surface area contributed by atoms with E-state index in [4.69, 9.17) is 0 Å². The van der Waals surface area contributed by atoms with Gasteiger partial charge < -0.3 is 14.8 Å². The third-order valence-corrected chi connectivity index (χ3v) is 6.44. The molecule has 6 heteroatoms. The van der Waals surface area contributed by atoms with Crippen molar-refractivity contribution >= 4 is 21.8 Å². The van der Waals surface area contributed by atoms with E-state index < -0.39 is 0 Å². The number of piperidine rings is 1. The largest absolute Gasteiger partial charge is 0.310 e. The van der Waals surface area contributed by atoms with Crippen molar-refractivity contribution < 1.29 is 4.39 Å². The van der Waals surface area contributed by atoms with Crippen molar-refractivity contribution in [1.82, 2.24) is 19.8 Å². The maximum Gasteiger partial charge on any atom is 0.269 e. The summed E-state index contributed by atoms with van der Waals surface area (Å²) in [6.07, 6.45) is 3.48. The lowest BCUT2D eigenvalue weighted by Gasteiger charge is -2.32. The van der Waals surface area contributed by atoms with Crippen LogP contribution in [0.3, 0.4) is 0 Å². The summed E-state index contributed by atoms with van der Waals surface area (Å²) in [7, 11) is 0. The van der Waals surface area contributed by atoms with Gasteiger partial charge in [0.05, 0.1) is 17.2 Å². The second-order valence-electron chi connectivity index (χ2n) is 8.56. The molecule has 32 heavy (non-hydrogen) atoms. The number of nitrogens with zero attached hydrogens (tertiary/aromatic N) is 3. The first-order valence-corrected chi connectivity index (χ1v) is 11.2. The minimum atomic E-state index is -0.350. The summed E-state index contributed by atoms with van der Waals surface area (Å²) < 4.78 is 15.3. The van der Waals surface area contributed by atoms with Crippen LogP contribution in [-0.4, -0.2) is 40.1 Å². The number of nitrogens with one attached hydrogen (secondary N) is 1. The molecule has 2 heterocycles. The van der Waals surface area contributed by atoms with E-state index in [9.17, 15) is 9.18 Å². The van der Waals surface area contributed by atoms with Crippen LogP contribution >= 0.6 is 0 Å². The van der Waals surface area contributed by atoms with Gasteiger partial charge in [0.1, 0.15) is 5.82 Å². The van der Waals surface area contributed by atoms with E-state index in [1.54, 1.807) is 10.6 Å². The fourth-order valence-electron chi connectivity index (χ4n) is 4.58. The Bertz CT molecular complexity index is 1290. The number of halogens is 1. The van der Waals surface area contributed by atoms with Gasteiger partial charge in [0.25, 0.3) is 5.56 Å². The molecule has 0 bridgehead atoms. The number of likely N-dealkylation sites (tertiary alicyclic amines) is 1. The van der Waals surface area contributed by atoms with Crippen LogP contribution in [0.4, 0.5) is 4.39 Å². The Labute approximate surface area is 186 Å². The lowest BCUT2D eigenvalue weighted by atomic mass is 10.0. The van der Waals surface area contributed by atoms with Gasteiger partial charge in [-0.1, -0.05) is 36.4 Å². The first-order valence-electron chi connectivity index (χ1n) is 11.2. The summed E-state index contributed by atoms with van der Waals surface area (Å²) in [4.78, 5) is 18.8. The lowest BCUT2D eigenvalue weighted by molar-refractivity contribution is 0.191. The fraction of sp³-hybridized carbons (Fsp3) is 0.308. The minimum Gasteiger partial charge on any atom is -0.310 e. The summed E-state index contributed by atoms with van der Waals surface area (Å²) >= 11 is 0. The molecule has 5 nitrogen and oxygen atoms in total. The van der Waals surface area contributed by atoms with Gasteiger partial charge in [-0.05, 0) is 66.5 Å². The Morgan fingerprint density at radius 2 is 1.78 bits per heavy atom. The van der Waals surface area contributed by atoms with E-state index in [0.29, 0.717) is 23.6 Å². The molecule has 4 aromatic rings. The highest BCUT2D eigenvalue weighted by atomic mass is 19.1. The van der Waals surface area contributed by atoms with E-state index in [2.05, 4.69) is 57.7 Å². The number of aromatic nitrogens is 2. The van der Waals surface area contributed by atoms with Crippen LogP contribution in [0.1, 0.15) is 18.4 Å². The van der Waals surface area contributed by atoms with Crippen molar-refractivity contribution in [2.24, 2.45) is 0 Å². The molecule has 0 aliphatic carbocycles. The zero-order valence-corrected chi connectivity index (χ0v) is 18.0. The van der Waals surface area contributed by atoms with Crippen LogP contribution in [0.25, 0.3) is 21.8 Å². The molecule has 0 saturated carbocycles. The lowest BCUT2D eigenvalue weighted by Crippen LogP contribution is -2.43. The molecule has 0 unspecified atom stereocenters. The summed E-state index contributed by atoms with van der Waals surface area (Å²) in [5, 5.41) is 6.25. The van der Waals surface area contributed by atoms with E-state index in [1.165, 1.54) is 34.7 Å². The van der Waals surface area contributed by atoms with Crippen molar-refractivity contribution in [3.8, 4) is 0 Å². The molecule has 1 aliphatic heterocycles. The van der Waals surface area contributed by atoms with Crippen LogP contribution in [-0.2, 0) is 13.1 Å². The van der Waals surface area contributed by atoms with Gasteiger partial charge >= 0.3 is 0 Å². The number of rotatable bonds is 6. The third kappa shape index (κ3) is 4.56.